The Bertz CT molecular complexity index is 901. The van der Waals surface area contributed by atoms with Gasteiger partial charge in [0.2, 0.25) is 0 Å². The van der Waals surface area contributed by atoms with Crippen LogP contribution in [-0.4, -0.2) is 23.7 Å². The first-order chi connectivity index (χ1) is 11.6. The SMILES string of the molecule is Cc1c(Cl)cccc1NCC(=O)N/N=C/c1c[nH]c2ccccc12. The van der Waals surface area contributed by atoms with Gasteiger partial charge in [-0.1, -0.05) is 35.9 Å². The zero-order valence-electron chi connectivity index (χ0n) is 13.1. The van der Waals surface area contributed by atoms with Crippen molar-refractivity contribution in [3.05, 3.63) is 64.8 Å². The average Bonchev–Trinajstić information content (AvgIpc) is 3.00. The second-order valence-electron chi connectivity index (χ2n) is 5.35. The number of nitrogens with zero attached hydrogens (tertiary/aromatic N) is 1. The van der Waals surface area contributed by atoms with E-state index in [4.69, 9.17) is 11.6 Å². The molecule has 1 aromatic heterocycles. The van der Waals surface area contributed by atoms with Crippen molar-refractivity contribution in [1.82, 2.24) is 10.4 Å². The molecule has 3 aromatic rings. The second kappa shape index (κ2) is 7.19. The summed E-state index contributed by atoms with van der Waals surface area (Å²) >= 11 is 6.05. The lowest BCUT2D eigenvalue weighted by atomic mass is 10.2. The van der Waals surface area contributed by atoms with Crippen LogP contribution in [0.3, 0.4) is 0 Å². The maximum absolute atomic E-state index is 11.9. The molecule has 0 unspecified atom stereocenters. The summed E-state index contributed by atoms with van der Waals surface area (Å²) in [6, 6.07) is 13.4. The summed E-state index contributed by atoms with van der Waals surface area (Å²) in [6.45, 7) is 2.02. The molecule has 0 saturated heterocycles. The van der Waals surface area contributed by atoms with Gasteiger partial charge in [0, 0.05) is 33.4 Å². The predicted molar refractivity (Wildman–Crippen MR) is 98.7 cm³/mol. The Morgan fingerprint density at radius 3 is 2.96 bits per heavy atom. The number of hydrogen-bond acceptors (Lipinski definition) is 3. The van der Waals surface area contributed by atoms with E-state index in [-0.39, 0.29) is 12.5 Å². The summed E-state index contributed by atoms with van der Waals surface area (Å²) in [4.78, 5) is 15.0. The van der Waals surface area contributed by atoms with E-state index < -0.39 is 0 Å². The van der Waals surface area contributed by atoms with Crippen LogP contribution >= 0.6 is 11.6 Å². The number of hydrogen-bond donors (Lipinski definition) is 3. The quantitative estimate of drug-likeness (QED) is 0.489. The fourth-order valence-electron chi connectivity index (χ4n) is 2.39. The first kappa shape index (κ1) is 16.1. The van der Waals surface area contributed by atoms with Gasteiger partial charge >= 0.3 is 0 Å². The molecular weight excluding hydrogens is 324 g/mol. The molecule has 0 radical (unpaired) electrons. The number of fused-ring (bicyclic) bond motifs is 1. The molecule has 2 aromatic carbocycles. The molecule has 5 nitrogen and oxygen atoms in total. The van der Waals surface area contributed by atoms with E-state index in [1.807, 2.05) is 55.6 Å². The van der Waals surface area contributed by atoms with E-state index in [1.165, 1.54) is 0 Å². The molecule has 0 aliphatic heterocycles. The lowest BCUT2D eigenvalue weighted by Crippen LogP contribution is -2.26. The zero-order valence-corrected chi connectivity index (χ0v) is 13.9. The van der Waals surface area contributed by atoms with Gasteiger partial charge in [0.15, 0.2) is 0 Å². The summed E-state index contributed by atoms with van der Waals surface area (Å²) in [5.74, 6) is -0.231. The lowest BCUT2D eigenvalue weighted by Gasteiger charge is -2.09. The predicted octanol–water partition coefficient (Wildman–Crippen LogP) is 3.69. The van der Waals surface area contributed by atoms with Gasteiger partial charge < -0.3 is 10.3 Å². The molecule has 122 valence electrons. The summed E-state index contributed by atoms with van der Waals surface area (Å²) in [5, 5.41) is 8.78. The van der Waals surface area contributed by atoms with Crippen LogP contribution < -0.4 is 10.7 Å². The number of rotatable bonds is 5. The summed E-state index contributed by atoms with van der Waals surface area (Å²) < 4.78 is 0. The van der Waals surface area contributed by atoms with Crippen LogP contribution in [0.4, 0.5) is 5.69 Å². The molecule has 0 saturated carbocycles. The van der Waals surface area contributed by atoms with E-state index in [0.717, 1.165) is 27.7 Å². The summed E-state index contributed by atoms with van der Waals surface area (Å²) in [6.07, 6.45) is 3.48. The first-order valence-electron chi connectivity index (χ1n) is 7.52. The maximum atomic E-state index is 11.9. The first-order valence-corrected chi connectivity index (χ1v) is 7.90. The van der Waals surface area contributed by atoms with Crippen LogP contribution in [-0.2, 0) is 4.79 Å². The molecule has 24 heavy (non-hydrogen) atoms. The van der Waals surface area contributed by atoms with Crippen molar-refractivity contribution in [3.63, 3.8) is 0 Å². The molecule has 0 atom stereocenters. The van der Waals surface area contributed by atoms with Gasteiger partial charge in [-0.25, -0.2) is 5.43 Å². The van der Waals surface area contributed by atoms with Crippen molar-refractivity contribution >= 4 is 40.3 Å². The smallest absolute Gasteiger partial charge is 0.259 e. The minimum atomic E-state index is -0.231. The third-order valence-electron chi connectivity index (χ3n) is 3.72. The van der Waals surface area contributed by atoms with Gasteiger partial charge in [-0.15, -0.1) is 0 Å². The maximum Gasteiger partial charge on any atom is 0.259 e. The van der Waals surface area contributed by atoms with Crippen molar-refractivity contribution in [1.29, 1.82) is 0 Å². The highest BCUT2D eigenvalue weighted by Gasteiger charge is 2.04. The molecule has 1 heterocycles. The van der Waals surface area contributed by atoms with Gasteiger partial charge in [-0.3, -0.25) is 4.79 Å². The van der Waals surface area contributed by atoms with Crippen molar-refractivity contribution in [2.75, 3.05) is 11.9 Å². The van der Waals surface area contributed by atoms with Gasteiger partial charge in [0.1, 0.15) is 0 Å². The minimum absolute atomic E-state index is 0.117. The Kier molecular flexibility index (Phi) is 4.82. The monoisotopic (exact) mass is 340 g/mol. The molecular formula is C18H17ClN4O. The Morgan fingerprint density at radius 1 is 1.25 bits per heavy atom. The summed E-state index contributed by atoms with van der Waals surface area (Å²) in [5.41, 5.74) is 6.21. The van der Waals surface area contributed by atoms with Crippen LogP contribution in [0, 0.1) is 6.92 Å². The number of amides is 1. The van der Waals surface area contributed by atoms with E-state index >= 15 is 0 Å². The third kappa shape index (κ3) is 3.58. The number of H-pyrrole nitrogens is 1. The fraction of sp³-hybridized carbons (Fsp3) is 0.111. The number of carbonyl (C=O) groups is 1. The highest BCUT2D eigenvalue weighted by molar-refractivity contribution is 6.31. The van der Waals surface area contributed by atoms with Crippen LogP contribution in [0.2, 0.25) is 5.02 Å². The minimum Gasteiger partial charge on any atom is -0.376 e. The average molecular weight is 341 g/mol. The van der Waals surface area contributed by atoms with Crippen LogP contribution in [0.5, 0.6) is 0 Å². The van der Waals surface area contributed by atoms with E-state index in [0.29, 0.717) is 5.02 Å². The van der Waals surface area contributed by atoms with E-state index in [2.05, 4.69) is 20.8 Å². The Hall–Kier alpha value is -2.79. The molecule has 0 spiro atoms. The normalized spacial score (nSPS) is 11.1. The number of halogens is 1. The number of aromatic nitrogens is 1. The Balaban J connectivity index is 1.56. The van der Waals surface area contributed by atoms with Crippen molar-refractivity contribution < 1.29 is 4.79 Å². The van der Waals surface area contributed by atoms with Gasteiger partial charge in [0.05, 0.1) is 12.8 Å². The van der Waals surface area contributed by atoms with Crippen molar-refractivity contribution in [2.24, 2.45) is 5.10 Å². The number of nitrogens with one attached hydrogen (secondary N) is 3. The highest BCUT2D eigenvalue weighted by Crippen LogP contribution is 2.22. The number of benzene rings is 2. The number of para-hydroxylation sites is 1. The van der Waals surface area contributed by atoms with Crippen LogP contribution in [0.15, 0.2) is 53.8 Å². The van der Waals surface area contributed by atoms with Crippen molar-refractivity contribution in [2.45, 2.75) is 6.92 Å². The third-order valence-corrected chi connectivity index (χ3v) is 4.13. The lowest BCUT2D eigenvalue weighted by molar-refractivity contribution is -0.119. The second-order valence-corrected chi connectivity index (χ2v) is 5.76. The standard InChI is InChI=1S/C18H17ClN4O/c1-12-15(19)6-4-8-16(12)21-11-18(24)23-22-10-13-9-20-17-7-3-2-5-14(13)17/h2-10,20-21H,11H2,1H3,(H,23,24)/b22-10+. The van der Waals surface area contributed by atoms with E-state index in [9.17, 15) is 4.79 Å². The molecule has 0 aliphatic rings. The number of carbonyl (C=O) groups excluding carboxylic acids is 1. The van der Waals surface area contributed by atoms with Crippen molar-refractivity contribution in [3.8, 4) is 0 Å². The Morgan fingerprint density at radius 2 is 2.08 bits per heavy atom. The molecule has 3 rings (SSSR count). The molecule has 0 fully saturated rings. The molecule has 0 aliphatic carbocycles. The fourth-order valence-corrected chi connectivity index (χ4v) is 2.56. The molecule has 3 N–H and O–H groups in total. The van der Waals surface area contributed by atoms with Gasteiger partial charge in [0.25, 0.3) is 5.91 Å². The summed E-state index contributed by atoms with van der Waals surface area (Å²) in [7, 11) is 0. The number of aromatic amines is 1. The van der Waals surface area contributed by atoms with Gasteiger partial charge in [-0.05, 0) is 30.7 Å². The zero-order chi connectivity index (χ0) is 16.9. The van der Waals surface area contributed by atoms with Gasteiger partial charge in [-0.2, -0.15) is 5.10 Å². The Labute approximate surface area is 144 Å². The number of hydrazone groups is 1. The molecule has 0 bridgehead atoms. The van der Waals surface area contributed by atoms with Crippen LogP contribution in [0.1, 0.15) is 11.1 Å². The number of anilines is 1. The molecule has 6 heteroatoms. The molecule has 1 amide bonds. The topological polar surface area (TPSA) is 69.3 Å². The van der Waals surface area contributed by atoms with Crippen LogP contribution in [0.25, 0.3) is 10.9 Å². The highest BCUT2D eigenvalue weighted by atomic mass is 35.5. The van der Waals surface area contributed by atoms with E-state index in [1.54, 1.807) is 6.21 Å². The largest absolute Gasteiger partial charge is 0.376 e.